The van der Waals surface area contributed by atoms with Gasteiger partial charge < -0.3 is 9.47 Å². The second-order valence-corrected chi connectivity index (χ2v) is 4.90. The lowest BCUT2D eigenvalue weighted by atomic mass is 9.93. The van der Waals surface area contributed by atoms with Crippen molar-refractivity contribution in [3.63, 3.8) is 0 Å². The maximum atomic E-state index is 11.9. The Labute approximate surface area is 104 Å². The highest BCUT2D eigenvalue weighted by Crippen LogP contribution is 2.26. The number of methoxy groups -OCH3 is 1. The number of carbonyl (C=O) groups excluding carboxylic acids is 1. The van der Waals surface area contributed by atoms with Crippen LogP contribution in [-0.4, -0.2) is 49.3 Å². The third-order valence-electron chi connectivity index (χ3n) is 3.57. The fourth-order valence-corrected chi connectivity index (χ4v) is 2.49. The summed E-state index contributed by atoms with van der Waals surface area (Å²) in [6, 6.07) is -0.121. The SMILES string of the molecule is CCOC(=O)[C@@H](CC)N1CCC[C@](C)(OC)C1. The van der Waals surface area contributed by atoms with Gasteiger partial charge in [0.15, 0.2) is 0 Å². The average Bonchev–Trinajstić information content (AvgIpc) is 2.30. The zero-order chi connectivity index (χ0) is 12.9. The minimum absolute atomic E-state index is 0.102. The quantitative estimate of drug-likeness (QED) is 0.691. The molecule has 0 spiro atoms. The Bertz CT molecular complexity index is 257. The van der Waals surface area contributed by atoms with E-state index < -0.39 is 0 Å². The van der Waals surface area contributed by atoms with Crippen molar-refractivity contribution in [3.8, 4) is 0 Å². The van der Waals surface area contributed by atoms with Crippen LogP contribution >= 0.6 is 0 Å². The summed E-state index contributed by atoms with van der Waals surface area (Å²) in [6.45, 7) is 8.19. The van der Waals surface area contributed by atoms with Gasteiger partial charge in [-0.3, -0.25) is 9.69 Å². The molecule has 0 aromatic heterocycles. The van der Waals surface area contributed by atoms with Gasteiger partial charge in [-0.2, -0.15) is 0 Å². The van der Waals surface area contributed by atoms with E-state index in [4.69, 9.17) is 9.47 Å². The second-order valence-electron chi connectivity index (χ2n) is 4.90. The monoisotopic (exact) mass is 243 g/mol. The van der Waals surface area contributed by atoms with E-state index in [0.29, 0.717) is 6.61 Å². The van der Waals surface area contributed by atoms with Crippen LogP contribution in [0.5, 0.6) is 0 Å². The van der Waals surface area contributed by atoms with Gasteiger partial charge in [-0.1, -0.05) is 6.92 Å². The molecule has 1 fully saturated rings. The number of hydrogen-bond acceptors (Lipinski definition) is 4. The number of esters is 1. The predicted molar refractivity (Wildman–Crippen MR) is 66.9 cm³/mol. The van der Waals surface area contributed by atoms with Crippen molar-refractivity contribution >= 4 is 5.97 Å². The molecular formula is C13H25NO3. The van der Waals surface area contributed by atoms with Crippen LogP contribution in [-0.2, 0) is 14.3 Å². The van der Waals surface area contributed by atoms with Crippen LogP contribution in [0.15, 0.2) is 0 Å². The van der Waals surface area contributed by atoms with Crippen molar-refractivity contribution in [1.82, 2.24) is 4.90 Å². The summed E-state index contributed by atoms with van der Waals surface area (Å²) in [5.74, 6) is -0.102. The number of likely N-dealkylation sites (tertiary alicyclic amines) is 1. The van der Waals surface area contributed by atoms with Crippen LogP contribution in [0.25, 0.3) is 0 Å². The zero-order valence-corrected chi connectivity index (χ0v) is 11.5. The molecule has 100 valence electrons. The van der Waals surface area contributed by atoms with E-state index in [1.165, 1.54) is 0 Å². The Balaban J connectivity index is 2.65. The largest absolute Gasteiger partial charge is 0.465 e. The molecule has 0 aromatic rings. The molecule has 1 saturated heterocycles. The van der Waals surface area contributed by atoms with Crippen LogP contribution in [0.3, 0.4) is 0 Å². The van der Waals surface area contributed by atoms with E-state index >= 15 is 0 Å². The van der Waals surface area contributed by atoms with Gasteiger partial charge in [-0.15, -0.1) is 0 Å². The van der Waals surface area contributed by atoms with E-state index in [9.17, 15) is 4.79 Å². The lowest BCUT2D eigenvalue weighted by Gasteiger charge is -2.42. The molecule has 0 aromatic carbocycles. The molecule has 0 N–H and O–H groups in total. The number of piperidine rings is 1. The molecule has 0 radical (unpaired) electrons. The molecule has 0 unspecified atom stereocenters. The Kier molecular flexibility index (Phi) is 5.40. The molecule has 0 amide bonds. The van der Waals surface area contributed by atoms with Crippen molar-refractivity contribution in [1.29, 1.82) is 0 Å². The molecule has 4 heteroatoms. The van der Waals surface area contributed by atoms with Gasteiger partial charge in [0.25, 0.3) is 0 Å². The van der Waals surface area contributed by atoms with Gasteiger partial charge in [-0.25, -0.2) is 0 Å². The standard InChI is InChI=1S/C13H25NO3/c1-5-11(12(15)17-6-2)14-9-7-8-13(3,10-14)16-4/h11H,5-10H2,1-4H3/t11-,13+/m1/s1. The van der Waals surface area contributed by atoms with E-state index in [2.05, 4.69) is 11.8 Å². The van der Waals surface area contributed by atoms with Gasteiger partial charge >= 0.3 is 5.97 Å². The summed E-state index contributed by atoms with van der Waals surface area (Å²) in [5, 5.41) is 0. The van der Waals surface area contributed by atoms with Crippen molar-refractivity contribution in [2.75, 3.05) is 26.8 Å². The molecular weight excluding hydrogens is 218 g/mol. The van der Waals surface area contributed by atoms with Crippen molar-refractivity contribution < 1.29 is 14.3 Å². The highest BCUT2D eigenvalue weighted by atomic mass is 16.5. The fraction of sp³-hybridized carbons (Fsp3) is 0.923. The number of hydrogen-bond donors (Lipinski definition) is 0. The first-order valence-electron chi connectivity index (χ1n) is 6.52. The summed E-state index contributed by atoms with van der Waals surface area (Å²) in [7, 11) is 1.74. The topological polar surface area (TPSA) is 38.8 Å². The molecule has 17 heavy (non-hydrogen) atoms. The number of carbonyl (C=O) groups is 1. The van der Waals surface area contributed by atoms with Crippen molar-refractivity contribution in [3.05, 3.63) is 0 Å². The van der Waals surface area contributed by atoms with Gasteiger partial charge in [0.05, 0.1) is 12.2 Å². The molecule has 0 aliphatic carbocycles. The maximum Gasteiger partial charge on any atom is 0.323 e. The summed E-state index contributed by atoms with van der Waals surface area (Å²) >= 11 is 0. The lowest BCUT2D eigenvalue weighted by Crippen LogP contribution is -2.53. The predicted octanol–water partition coefficient (Wildman–Crippen LogP) is 1.83. The van der Waals surface area contributed by atoms with Crippen LogP contribution < -0.4 is 0 Å². The number of nitrogens with zero attached hydrogens (tertiary/aromatic N) is 1. The molecule has 1 aliphatic heterocycles. The number of ether oxygens (including phenoxy) is 2. The molecule has 0 saturated carbocycles. The molecule has 0 bridgehead atoms. The summed E-state index contributed by atoms with van der Waals surface area (Å²) in [5.41, 5.74) is -0.127. The van der Waals surface area contributed by atoms with Gasteiger partial charge in [0.2, 0.25) is 0 Å². The van der Waals surface area contributed by atoms with E-state index in [1.54, 1.807) is 7.11 Å². The first kappa shape index (κ1) is 14.5. The maximum absolute atomic E-state index is 11.9. The van der Waals surface area contributed by atoms with Crippen LogP contribution in [0.4, 0.5) is 0 Å². The van der Waals surface area contributed by atoms with Crippen LogP contribution in [0.2, 0.25) is 0 Å². The number of rotatable bonds is 5. The molecule has 1 rings (SSSR count). The normalized spacial score (nSPS) is 27.8. The van der Waals surface area contributed by atoms with Gasteiger partial charge in [0, 0.05) is 13.7 Å². The minimum Gasteiger partial charge on any atom is -0.465 e. The molecule has 2 atom stereocenters. The Morgan fingerprint density at radius 1 is 1.47 bits per heavy atom. The molecule has 4 nitrogen and oxygen atoms in total. The summed E-state index contributed by atoms with van der Waals surface area (Å²) in [4.78, 5) is 14.1. The Morgan fingerprint density at radius 3 is 2.71 bits per heavy atom. The zero-order valence-electron chi connectivity index (χ0n) is 11.5. The van der Waals surface area contributed by atoms with Crippen molar-refractivity contribution in [2.24, 2.45) is 0 Å². The van der Waals surface area contributed by atoms with E-state index in [1.807, 2.05) is 13.8 Å². The Hall–Kier alpha value is -0.610. The van der Waals surface area contributed by atoms with E-state index in [-0.39, 0.29) is 17.6 Å². The highest BCUT2D eigenvalue weighted by Gasteiger charge is 2.36. The first-order valence-corrected chi connectivity index (χ1v) is 6.52. The summed E-state index contributed by atoms with van der Waals surface area (Å²) < 4.78 is 10.7. The van der Waals surface area contributed by atoms with Crippen LogP contribution in [0.1, 0.15) is 40.0 Å². The first-order chi connectivity index (χ1) is 8.06. The third kappa shape index (κ3) is 3.68. The lowest BCUT2D eigenvalue weighted by molar-refractivity contribution is -0.153. The van der Waals surface area contributed by atoms with Gasteiger partial charge in [-0.05, 0) is 39.7 Å². The Morgan fingerprint density at radius 2 is 2.18 bits per heavy atom. The molecule has 1 aliphatic rings. The highest BCUT2D eigenvalue weighted by molar-refractivity contribution is 5.75. The van der Waals surface area contributed by atoms with E-state index in [0.717, 1.165) is 32.4 Å². The second kappa shape index (κ2) is 6.36. The fourth-order valence-electron chi connectivity index (χ4n) is 2.49. The van der Waals surface area contributed by atoms with Crippen LogP contribution in [0, 0.1) is 0 Å². The van der Waals surface area contributed by atoms with Crippen molar-refractivity contribution in [2.45, 2.75) is 51.7 Å². The van der Waals surface area contributed by atoms with Gasteiger partial charge in [0.1, 0.15) is 6.04 Å². The molecule has 1 heterocycles. The average molecular weight is 243 g/mol. The minimum atomic E-state index is -0.127. The third-order valence-corrected chi connectivity index (χ3v) is 3.57. The summed E-state index contributed by atoms with van der Waals surface area (Å²) in [6.07, 6.45) is 2.91. The smallest absolute Gasteiger partial charge is 0.323 e.